The monoisotopic (exact) mass is 321 g/mol. The Balaban J connectivity index is 1.39. The highest BCUT2D eigenvalue weighted by molar-refractivity contribution is 7.20. The van der Waals surface area contributed by atoms with E-state index in [0.717, 1.165) is 48.6 Å². The summed E-state index contributed by atoms with van der Waals surface area (Å²) in [4.78, 5) is 10.5. The molecule has 2 aromatic rings. The lowest BCUT2D eigenvalue weighted by atomic mass is 10.0. The Morgan fingerprint density at radius 1 is 1.27 bits per heavy atom. The van der Waals surface area contributed by atoms with E-state index in [4.69, 9.17) is 4.74 Å². The number of fused-ring (bicyclic) bond motifs is 1. The van der Waals surface area contributed by atoms with E-state index in [1.807, 2.05) is 17.6 Å². The third-order valence-corrected chi connectivity index (χ3v) is 5.66. The van der Waals surface area contributed by atoms with Gasteiger partial charge in [0, 0.05) is 32.2 Å². The van der Waals surface area contributed by atoms with E-state index in [2.05, 4.69) is 26.8 Å². The molecule has 120 valence electrons. The summed E-state index contributed by atoms with van der Waals surface area (Å²) in [6.45, 7) is 9.40. The number of ether oxygens (including phenoxy) is 1. The van der Waals surface area contributed by atoms with Crippen LogP contribution in [0.25, 0.3) is 4.96 Å². The summed E-state index contributed by atoms with van der Waals surface area (Å²) in [5, 5.41) is 5.78. The zero-order valence-corrected chi connectivity index (χ0v) is 14.1. The second kappa shape index (κ2) is 5.79. The molecule has 0 N–H and O–H groups in total. The number of hydrogen-bond acceptors (Lipinski definition) is 6. The fourth-order valence-corrected chi connectivity index (χ4v) is 4.51. The fraction of sp³-hybridized carbons (Fsp3) is 0.733. The SMILES string of the molecule is Cc1cn2nc(N3CCC(N4CCO[C@@H](C)C4)CC3)sc2n1. The van der Waals surface area contributed by atoms with Gasteiger partial charge in [0.15, 0.2) is 0 Å². The molecule has 0 unspecified atom stereocenters. The molecule has 0 amide bonds. The maximum Gasteiger partial charge on any atom is 0.214 e. The van der Waals surface area contributed by atoms with Gasteiger partial charge in [0.05, 0.1) is 24.6 Å². The van der Waals surface area contributed by atoms with Crippen LogP contribution in [0.3, 0.4) is 0 Å². The molecule has 22 heavy (non-hydrogen) atoms. The van der Waals surface area contributed by atoms with Crippen molar-refractivity contribution in [3.8, 4) is 0 Å². The number of aryl methyl sites for hydroxylation is 1. The Labute approximate surface area is 134 Å². The van der Waals surface area contributed by atoms with Gasteiger partial charge in [-0.1, -0.05) is 11.3 Å². The Hall–Kier alpha value is -1.18. The summed E-state index contributed by atoms with van der Waals surface area (Å²) in [5.74, 6) is 0. The number of anilines is 1. The van der Waals surface area contributed by atoms with Gasteiger partial charge < -0.3 is 9.64 Å². The molecule has 4 rings (SSSR count). The first-order chi connectivity index (χ1) is 10.7. The molecular weight excluding hydrogens is 298 g/mol. The third-order valence-electron chi connectivity index (χ3n) is 4.68. The Morgan fingerprint density at radius 2 is 2.09 bits per heavy atom. The molecule has 0 radical (unpaired) electrons. The van der Waals surface area contributed by atoms with Gasteiger partial charge in [-0.2, -0.15) is 0 Å². The van der Waals surface area contributed by atoms with Gasteiger partial charge in [-0.05, 0) is 26.7 Å². The van der Waals surface area contributed by atoms with E-state index in [1.54, 1.807) is 11.3 Å². The quantitative estimate of drug-likeness (QED) is 0.844. The van der Waals surface area contributed by atoms with Crippen LogP contribution in [0.4, 0.5) is 5.13 Å². The van der Waals surface area contributed by atoms with Crippen molar-refractivity contribution in [2.75, 3.05) is 37.7 Å². The maximum atomic E-state index is 5.65. The molecule has 1 atom stereocenters. The summed E-state index contributed by atoms with van der Waals surface area (Å²) in [7, 11) is 0. The van der Waals surface area contributed by atoms with Crippen molar-refractivity contribution in [3.05, 3.63) is 11.9 Å². The average molecular weight is 321 g/mol. The van der Waals surface area contributed by atoms with Gasteiger partial charge in [0.1, 0.15) is 0 Å². The number of aromatic nitrogens is 3. The summed E-state index contributed by atoms with van der Waals surface area (Å²) < 4.78 is 7.56. The van der Waals surface area contributed by atoms with E-state index in [9.17, 15) is 0 Å². The fourth-order valence-electron chi connectivity index (χ4n) is 3.53. The molecule has 2 saturated heterocycles. The predicted octanol–water partition coefficient (Wildman–Crippen LogP) is 1.79. The standard InChI is InChI=1S/C15H23N5OS/c1-11-9-20-14(16-11)22-15(17-20)18-5-3-13(4-6-18)19-7-8-21-12(2)10-19/h9,12-13H,3-8,10H2,1-2H3/t12-/m0/s1. The lowest BCUT2D eigenvalue weighted by molar-refractivity contribution is -0.0373. The minimum absolute atomic E-state index is 0.377. The van der Waals surface area contributed by atoms with Crippen LogP contribution in [-0.4, -0.2) is 64.4 Å². The summed E-state index contributed by atoms with van der Waals surface area (Å²) in [5.41, 5.74) is 1.03. The highest BCUT2D eigenvalue weighted by atomic mass is 32.1. The van der Waals surface area contributed by atoms with Crippen molar-refractivity contribution >= 4 is 21.4 Å². The molecule has 0 aliphatic carbocycles. The Kier molecular flexibility index (Phi) is 3.79. The highest BCUT2D eigenvalue weighted by Gasteiger charge is 2.29. The molecule has 2 aromatic heterocycles. The summed E-state index contributed by atoms with van der Waals surface area (Å²) in [6.07, 6.45) is 4.81. The molecule has 0 bridgehead atoms. The first-order valence-electron chi connectivity index (χ1n) is 8.12. The second-order valence-electron chi connectivity index (χ2n) is 6.39. The predicted molar refractivity (Wildman–Crippen MR) is 87.8 cm³/mol. The molecule has 2 aliphatic heterocycles. The van der Waals surface area contributed by atoms with Crippen molar-refractivity contribution in [2.45, 2.75) is 38.8 Å². The molecule has 7 heteroatoms. The second-order valence-corrected chi connectivity index (χ2v) is 7.32. The molecular formula is C15H23N5OS. The van der Waals surface area contributed by atoms with Gasteiger partial charge >= 0.3 is 0 Å². The molecule has 6 nitrogen and oxygen atoms in total. The molecule has 0 aromatic carbocycles. The van der Waals surface area contributed by atoms with Crippen molar-refractivity contribution in [2.24, 2.45) is 0 Å². The van der Waals surface area contributed by atoms with Gasteiger partial charge in [-0.3, -0.25) is 4.90 Å². The van der Waals surface area contributed by atoms with Crippen molar-refractivity contribution in [1.29, 1.82) is 0 Å². The number of piperidine rings is 1. The van der Waals surface area contributed by atoms with Crippen LogP contribution in [0.15, 0.2) is 6.20 Å². The molecule has 0 spiro atoms. The van der Waals surface area contributed by atoms with E-state index in [-0.39, 0.29) is 0 Å². The van der Waals surface area contributed by atoms with E-state index in [0.29, 0.717) is 12.1 Å². The zero-order chi connectivity index (χ0) is 15.1. The maximum absolute atomic E-state index is 5.65. The molecule has 2 aliphatic rings. The zero-order valence-electron chi connectivity index (χ0n) is 13.2. The van der Waals surface area contributed by atoms with Gasteiger partial charge in [-0.15, -0.1) is 5.10 Å². The smallest absolute Gasteiger partial charge is 0.214 e. The number of imidazole rings is 1. The number of hydrogen-bond donors (Lipinski definition) is 0. The highest BCUT2D eigenvalue weighted by Crippen LogP contribution is 2.27. The van der Waals surface area contributed by atoms with E-state index in [1.165, 1.54) is 12.8 Å². The number of nitrogens with zero attached hydrogens (tertiary/aromatic N) is 5. The summed E-state index contributed by atoms with van der Waals surface area (Å²) in [6, 6.07) is 0.703. The minimum atomic E-state index is 0.377. The first-order valence-corrected chi connectivity index (χ1v) is 8.94. The number of rotatable bonds is 2. The van der Waals surface area contributed by atoms with E-state index < -0.39 is 0 Å². The van der Waals surface area contributed by atoms with Crippen LogP contribution in [0.2, 0.25) is 0 Å². The van der Waals surface area contributed by atoms with E-state index >= 15 is 0 Å². The van der Waals surface area contributed by atoms with Gasteiger partial charge in [0.25, 0.3) is 0 Å². The van der Waals surface area contributed by atoms with Crippen LogP contribution in [-0.2, 0) is 4.74 Å². The topological polar surface area (TPSA) is 45.9 Å². The van der Waals surface area contributed by atoms with Crippen LogP contribution in [0.1, 0.15) is 25.5 Å². The summed E-state index contributed by atoms with van der Waals surface area (Å²) >= 11 is 1.69. The molecule has 4 heterocycles. The third kappa shape index (κ3) is 2.73. The number of morpholine rings is 1. The Morgan fingerprint density at radius 3 is 2.82 bits per heavy atom. The van der Waals surface area contributed by atoms with Crippen molar-refractivity contribution in [1.82, 2.24) is 19.5 Å². The minimum Gasteiger partial charge on any atom is -0.376 e. The van der Waals surface area contributed by atoms with Gasteiger partial charge in [0.2, 0.25) is 10.1 Å². The van der Waals surface area contributed by atoms with Crippen molar-refractivity contribution in [3.63, 3.8) is 0 Å². The van der Waals surface area contributed by atoms with Crippen molar-refractivity contribution < 1.29 is 4.74 Å². The lowest BCUT2D eigenvalue weighted by Crippen LogP contribution is -2.51. The average Bonchev–Trinajstić information content (AvgIpc) is 3.05. The molecule has 2 fully saturated rings. The first kappa shape index (κ1) is 14.4. The van der Waals surface area contributed by atoms with Gasteiger partial charge in [-0.25, -0.2) is 9.50 Å². The largest absolute Gasteiger partial charge is 0.376 e. The van der Waals surface area contributed by atoms with Crippen LogP contribution >= 0.6 is 11.3 Å². The normalized spacial score (nSPS) is 25.2. The van der Waals surface area contributed by atoms with Crippen LogP contribution in [0.5, 0.6) is 0 Å². The van der Waals surface area contributed by atoms with Crippen LogP contribution in [0, 0.1) is 6.92 Å². The molecule has 0 saturated carbocycles. The Bertz CT molecular complexity index is 614. The van der Waals surface area contributed by atoms with Crippen LogP contribution < -0.4 is 4.90 Å². The lowest BCUT2D eigenvalue weighted by Gasteiger charge is -2.41.